The molecule has 0 spiro atoms. The number of carbonyl (C=O) groups excluding carboxylic acids is 1. The summed E-state index contributed by atoms with van der Waals surface area (Å²) in [5.74, 6) is -0.106. The number of phenolic OH excluding ortho intramolecular Hbond substituents is 1. The number of ether oxygens (including phenoxy) is 1. The lowest BCUT2D eigenvalue weighted by Gasteiger charge is -2.06. The van der Waals surface area contributed by atoms with Gasteiger partial charge in [0.15, 0.2) is 17.2 Å². The Kier molecular flexibility index (Phi) is 5.33. The summed E-state index contributed by atoms with van der Waals surface area (Å²) in [5.41, 5.74) is 3.84. The predicted molar refractivity (Wildman–Crippen MR) is 101 cm³/mol. The molecule has 1 aromatic carbocycles. The molecule has 0 radical (unpaired) electrons. The Balaban J connectivity index is 1.67. The number of hydrogen-bond donors (Lipinski definition) is 3. The molecule has 0 unspecified atom stereocenters. The first-order valence-corrected chi connectivity index (χ1v) is 8.80. The fourth-order valence-corrected chi connectivity index (χ4v) is 3.11. The van der Waals surface area contributed by atoms with Crippen LogP contribution in [0.3, 0.4) is 0 Å². The first-order valence-electron chi connectivity index (χ1n) is 7.99. The Hall–Kier alpha value is -3.13. The fourth-order valence-electron chi connectivity index (χ4n) is 2.28. The van der Waals surface area contributed by atoms with Crippen molar-refractivity contribution in [3.63, 3.8) is 0 Å². The van der Waals surface area contributed by atoms with E-state index in [1.165, 1.54) is 11.1 Å². The number of carbonyl (C=O) groups is 1. The maximum Gasteiger partial charge on any atom is 0.291 e. The quantitative estimate of drug-likeness (QED) is 0.458. The molecule has 0 aliphatic carbocycles. The molecule has 2 heterocycles. The molecular weight excluding hydrogens is 352 g/mol. The van der Waals surface area contributed by atoms with Crippen molar-refractivity contribution >= 4 is 23.5 Å². The molecule has 7 nitrogen and oxygen atoms in total. The Bertz CT molecular complexity index is 946. The number of H-pyrrole nitrogens is 1. The summed E-state index contributed by atoms with van der Waals surface area (Å²) in [7, 11) is 0. The van der Waals surface area contributed by atoms with Crippen LogP contribution in [-0.2, 0) is 0 Å². The van der Waals surface area contributed by atoms with E-state index in [0.29, 0.717) is 17.9 Å². The predicted octanol–water partition coefficient (Wildman–Crippen LogP) is 3.31. The minimum absolute atomic E-state index is 0.0255. The molecule has 0 aliphatic heterocycles. The third-order valence-electron chi connectivity index (χ3n) is 3.52. The van der Waals surface area contributed by atoms with Crippen molar-refractivity contribution in [1.29, 1.82) is 0 Å². The average Bonchev–Trinajstić information content (AvgIpc) is 3.27. The maximum absolute atomic E-state index is 12.1. The van der Waals surface area contributed by atoms with Crippen molar-refractivity contribution in [2.75, 3.05) is 6.61 Å². The summed E-state index contributed by atoms with van der Waals surface area (Å²) in [6, 6.07) is 10.7. The molecule has 8 heteroatoms. The first-order chi connectivity index (χ1) is 12.6. The summed E-state index contributed by atoms with van der Waals surface area (Å²) >= 11 is 1.62. The Morgan fingerprint density at radius 2 is 2.27 bits per heavy atom. The van der Waals surface area contributed by atoms with Crippen LogP contribution < -0.4 is 10.2 Å². The second kappa shape index (κ2) is 7.83. The molecule has 2 aromatic heterocycles. The van der Waals surface area contributed by atoms with Crippen LogP contribution in [0.2, 0.25) is 0 Å². The molecule has 26 heavy (non-hydrogen) atoms. The molecule has 0 aliphatic rings. The van der Waals surface area contributed by atoms with Gasteiger partial charge in [-0.15, -0.1) is 11.3 Å². The SMILES string of the molecule is CCOc1cccc(C=NNC(=O)c2cc(-c3ccc(C)s3)[nH]n2)c1O. The van der Waals surface area contributed by atoms with Gasteiger partial charge in [-0.2, -0.15) is 10.2 Å². The molecule has 0 saturated heterocycles. The highest BCUT2D eigenvalue weighted by atomic mass is 32.1. The van der Waals surface area contributed by atoms with Crippen LogP contribution >= 0.6 is 11.3 Å². The van der Waals surface area contributed by atoms with Gasteiger partial charge in [0.1, 0.15) is 0 Å². The van der Waals surface area contributed by atoms with Crippen molar-refractivity contribution in [3.8, 4) is 22.1 Å². The Labute approximate surface area is 154 Å². The normalized spacial score (nSPS) is 11.0. The van der Waals surface area contributed by atoms with E-state index in [1.54, 1.807) is 35.6 Å². The first kappa shape index (κ1) is 17.7. The van der Waals surface area contributed by atoms with Gasteiger partial charge >= 0.3 is 0 Å². The van der Waals surface area contributed by atoms with E-state index in [0.717, 1.165) is 10.6 Å². The highest BCUT2D eigenvalue weighted by Gasteiger charge is 2.12. The number of thiophene rings is 1. The van der Waals surface area contributed by atoms with Crippen LogP contribution in [0.5, 0.6) is 11.5 Å². The monoisotopic (exact) mass is 370 g/mol. The number of hydrogen-bond acceptors (Lipinski definition) is 6. The van der Waals surface area contributed by atoms with E-state index in [1.807, 2.05) is 26.0 Å². The van der Waals surface area contributed by atoms with Gasteiger partial charge in [-0.25, -0.2) is 5.43 Å². The average molecular weight is 370 g/mol. The van der Waals surface area contributed by atoms with Gasteiger partial charge in [0.2, 0.25) is 0 Å². The van der Waals surface area contributed by atoms with E-state index in [2.05, 4.69) is 20.7 Å². The van der Waals surface area contributed by atoms with Gasteiger partial charge in [0.05, 0.1) is 23.4 Å². The zero-order valence-corrected chi connectivity index (χ0v) is 15.1. The summed E-state index contributed by atoms with van der Waals surface area (Å²) in [6.45, 7) is 4.29. The standard InChI is InChI=1S/C18H18N4O3S/c1-3-25-15-6-4-5-12(17(15)23)10-19-22-18(24)14-9-13(20-21-14)16-8-7-11(2)26-16/h4-10,23H,3H2,1-2H3,(H,20,21)(H,22,24). The third-order valence-corrected chi connectivity index (χ3v) is 4.55. The lowest BCUT2D eigenvalue weighted by atomic mass is 10.2. The molecular formula is C18H18N4O3S. The number of nitrogens with zero attached hydrogens (tertiary/aromatic N) is 2. The molecule has 3 N–H and O–H groups in total. The minimum atomic E-state index is -0.447. The summed E-state index contributed by atoms with van der Waals surface area (Å²) in [6.07, 6.45) is 1.35. The molecule has 0 atom stereocenters. The minimum Gasteiger partial charge on any atom is -0.504 e. The highest BCUT2D eigenvalue weighted by molar-refractivity contribution is 7.15. The van der Waals surface area contributed by atoms with Gasteiger partial charge < -0.3 is 9.84 Å². The lowest BCUT2D eigenvalue weighted by Crippen LogP contribution is -2.18. The van der Waals surface area contributed by atoms with Gasteiger partial charge in [-0.05, 0) is 44.2 Å². The largest absolute Gasteiger partial charge is 0.504 e. The number of para-hydroxylation sites is 1. The highest BCUT2D eigenvalue weighted by Crippen LogP contribution is 2.28. The van der Waals surface area contributed by atoms with Crippen molar-refractivity contribution in [3.05, 3.63) is 52.5 Å². The molecule has 0 bridgehead atoms. The van der Waals surface area contributed by atoms with Crippen LogP contribution in [0.25, 0.3) is 10.6 Å². The van der Waals surface area contributed by atoms with Crippen molar-refractivity contribution < 1.29 is 14.6 Å². The summed E-state index contributed by atoms with van der Waals surface area (Å²) in [5, 5.41) is 20.8. The topological polar surface area (TPSA) is 99.6 Å². The number of rotatable bonds is 6. The Morgan fingerprint density at radius 1 is 1.42 bits per heavy atom. The van der Waals surface area contributed by atoms with Crippen molar-refractivity contribution in [2.45, 2.75) is 13.8 Å². The fraction of sp³-hybridized carbons (Fsp3) is 0.167. The second-order valence-corrected chi connectivity index (χ2v) is 6.69. The summed E-state index contributed by atoms with van der Waals surface area (Å²) in [4.78, 5) is 14.3. The number of aromatic nitrogens is 2. The number of benzene rings is 1. The molecule has 0 fully saturated rings. The van der Waals surface area contributed by atoms with Crippen LogP contribution in [0.1, 0.15) is 27.9 Å². The number of aryl methyl sites for hydroxylation is 1. The zero-order valence-electron chi connectivity index (χ0n) is 14.3. The van der Waals surface area contributed by atoms with Crippen LogP contribution in [0.4, 0.5) is 0 Å². The zero-order chi connectivity index (χ0) is 18.5. The van der Waals surface area contributed by atoms with E-state index in [4.69, 9.17) is 4.74 Å². The van der Waals surface area contributed by atoms with Gasteiger partial charge in [0, 0.05) is 10.4 Å². The third kappa shape index (κ3) is 3.92. The van der Waals surface area contributed by atoms with Gasteiger partial charge in [0.25, 0.3) is 5.91 Å². The molecule has 0 saturated carbocycles. The molecule has 3 rings (SSSR count). The molecule has 3 aromatic rings. The van der Waals surface area contributed by atoms with E-state index < -0.39 is 5.91 Å². The maximum atomic E-state index is 12.1. The summed E-state index contributed by atoms with van der Waals surface area (Å²) < 4.78 is 5.31. The van der Waals surface area contributed by atoms with Crippen LogP contribution in [0.15, 0.2) is 41.5 Å². The second-order valence-electron chi connectivity index (χ2n) is 5.40. The number of phenols is 1. The number of hydrazone groups is 1. The van der Waals surface area contributed by atoms with E-state index >= 15 is 0 Å². The smallest absolute Gasteiger partial charge is 0.291 e. The number of aromatic hydroxyl groups is 1. The van der Waals surface area contributed by atoms with Crippen molar-refractivity contribution in [1.82, 2.24) is 15.6 Å². The number of aromatic amines is 1. The lowest BCUT2D eigenvalue weighted by molar-refractivity contribution is 0.0950. The van der Waals surface area contributed by atoms with Crippen LogP contribution in [-0.4, -0.2) is 34.0 Å². The van der Waals surface area contributed by atoms with E-state index in [-0.39, 0.29) is 11.4 Å². The molecule has 134 valence electrons. The Morgan fingerprint density at radius 3 is 3.00 bits per heavy atom. The van der Waals surface area contributed by atoms with E-state index in [9.17, 15) is 9.90 Å². The number of nitrogens with one attached hydrogen (secondary N) is 2. The van der Waals surface area contributed by atoms with Crippen LogP contribution in [0, 0.1) is 6.92 Å². The van der Waals surface area contributed by atoms with Crippen molar-refractivity contribution in [2.24, 2.45) is 5.10 Å². The molecule has 1 amide bonds. The van der Waals surface area contributed by atoms with Gasteiger partial charge in [-0.1, -0.05) is 6.07 Å². The number of amides is 1. The van der Waals surface area contributed by atoms with Gasteiger partial charge in [-0.3, -0.25) is 9.89 Å².